The molecule has 2 aromatic carbocycles. The number of fused-ring (bicyclic) bond motifs is 1. The van der Waals surface area contributed by atoms with Crippen molar-refractivity contribution < 1.29 is 14.3 Å². The molecule has 1 atom stereocenters. The van der Waals surface area contributed by atoms with Crippen LogP contribution in [0.4, 0.5) is 0 Å². The molecule has 3 rings (SSSR count). The Morgan fingerprint density at radius 2 is 1.93 bits per heavy atom. The number of esters is 1. The summed E-state index contributed by atoms with van der Waals surface area (Å²) in [4.78, 5) is 27.3. The zero-order valence-electron chi connectivity index (χ0n) is 14.6. The number of amides is 1. The monoisotopic (exact) mass is 404 g/mol. The van der Waals surface area contributed by atoms with E-state index in [-0.39, 0.29) is 12.5 Å². The predicted molar refractivity (Wildman–Crippen MR) is 106 cm³/mol. The highest BCUT2D eigenvalue weighted by Gasteiger charge is 2.23. The SMILES string of the molecule is CC(=O)N[C@@H](Cc1c[nH]c2ccccc12)C(=O)OCc1ccc(Cl)c(Cl)c1. The fourth-order valence-corrected chi connectivity index (χ4v) is 3.16. The van der Waals surface area contributed by atoms with Crippen LogP contribution in [0.15, 0.2) is 48.7 Å². The lowest BCUT2D eigenvalue weighted by molar-refractivity contribution is -0.149. The minimum atomic E-state index is -0.788. The number of carbonyl (C=O) groups is 2. The first-order valence-corrected chi connectivity index (χ1v) is 9.12. The van der Waals surface area contributed by atoms with E-state index in [2.05, 4.69) is 10.3 Å². The van der Waals surface area contributed by atoms with Crippen LogP contribution in [0.25, 0.3) is 10.9 Å². The predicted octanol–water partition coefficient (Wildman–Crippen LogP) is 4.27. The largest absolute Gasteiger partial charge is 0.459 e. The van der Waals surface area contributed by atoms with Crippen molar-refractivity contribution in [2.75, 3.05) is 0 Å². The number of benzene rings is 2. The van der Waals surface area contributed by atoms with Crippen LogP contribution < -0.4 is 5.32 Å². The maximum atomic E-state index is 12.6. The highest BCUT2D eigenvalue weighted by atomic mass is 35.5. The second-order valence-corrected chi connectivity index (χ2v) is 6.99. The third-order valence-electron chi connectivity index (χ3n) is 4.13. The van der Waals surface area contributed by atoms with Gasteiger partial charge in [-0.1, -0.05) is 47.5 Å². The highest BCUT2D eigenvalue weighted by molar-refractivity contribution is 6.42. The maximum Gasteiger partial charge on any atom is 0.329 e. The average Bonchev–Trinajstić information content (AvgIpc) is 3.04. The number of H-pyrrole nitrogens is 1. The Labute approximate surface area is 166 Å². The van der Waals surface area contributed by atoms with Crippen LogP contribution in [0.1, 0.15) is 18.1 Å². The molecule has 0 unspecified atom stereocenters. The van der Waals surface area contributed by atoms with E-state index in [1.54, 1.807) is 18.2 Å². The minimum absolute atomic E-state index is 0.0414. The molecule has 140 valence electrons. The summed E-state index contributed by atoms with van der Waals surface area (Å²) in [7, 11) is 0. The number of ether oxygens (including phenoxy) is 1. The fourth-order valence-electron chi connectivity index (χ4n) is 2.84. The van der Waals surface area contributed by atoms with Crippen molar-refractivity contribution in [1.29, 1.82) is 0 Å². The standard InChI is InChI=1S/C20H18Cl2N2O3/c1-12(25)24-19(9-14-10-23-18-5-3-2-4-15(14)18)20(26)27-11-13-6-7-16(21)17(22)8-13/h2-8,10,19,23H,9,11H2,1H3,(H,24,25)/t19-/m0/s1. The number of rotatable bonds is 6. The van der Waals surface area contributed by atoms with Crippen molar-refractivity contribution in [2.45, 2.75) is 26.0 Å². The number of hydrogen-bond donors (Lipinski definition) is 2. The van der Waals surface area contributed by atoms with Crippen LogP contribution in [-0.2, 0) is 27.4 Å². The van der Waals surface area contributed by atoms with Crippen LogP contribution in [-0.4, -0.2) is 22.9 Å². The van der Waals surface area contributed by atoms with Gasteiger partial charge >= 0.3 is 5.97 Å². The summed E-state index contributed by atoms with van der Waals surface area (Å²) in [5, 5.41) is 4.49. The minimum Gasteiger partial charge on any atom is -0.459 e. The van der Waals surface area contributed by atoms with Crippen molar-refractivity contribution in [3.05, 3.63) is 69.8 Å². The van der Waals surface area contributed by atoms with Crippen molar-refractivity contribution in [2.24, 2.45) is 0 Å². The number of para-hydroxylation sites is 1. The van der Waals surface area contributed by atoms with Gasteiger partial charge in [-0.3, -0.25) is 4.79 Å². The number of carbonyl (C=O) groups excluding carboxylic acids is 2. The first kappa shape index (κ1) is 19.3. The Kier molecular flexibility index (Phi) is 6.04. The lowest BCUT2D eigenvalue weighted by atomic mass is 10.0. The van der Waals surface area contributed by atoms with Crippen molar-refractivity contribution in [1.82, 2.24) is 10.3 Å². The van der Waals surface area contributed by atoms with Crippen LogP contribution >= 0.6 is 23.2 Å². The van der Waals surface area contributed by atoms with Crippen molar-refractivity contribution in [3.8, 4) is 0 Å². The normalized spacial score (nSPS) is 12.0. The zero-order chi connectivity index (χ0) is 19.4. The summed E-state index contributed by atoms with van der Waals surface area (Å²) in [6, 6.07) is 12.0. The second kappa shape index (κ2) is 8.46. The van der Waals surface area contributed by atoms with Gasteiger partial charge in [-0.2, -0.15) is 0 Å². The van der Waals surface area contributed by atoms with E-state index in [1.807, 2.05) is 30.5 Å². The van der Waals surface area contributed by atoms with E-state index in [0.717, 1.165) is 16.5 Å². The van der Waals surface area contributed by atoms with E-state index >= 15 is 0 Å². The summed E-state index contributed by atoms with van der Waals surface area (Å²) in [5.41, 5.74) is 2.61. The fraction of sp³-hybridized carbons (Fsp3) is 0.200. The third kappa shape index (κ3) is 4.81. The van der Waals surface area contributed by atoms with Crippen LogP contribution in [0.2, 0.25) is 10.0 Å². The maximum absolute atomic E-state index is 12.6. The number of aromatic amines is 1. The summed E-state index contributed by atoms with van der Waals surface area (Å²) >= 11 is 11.9. The molecular weight excluding hydrogens is 387 g/mol. The van der Waals surface area contributed by atoms with E-state index in [0.29, 0.717) is 22.0 Å². The second-order valence-electron chi connectivity index (χ2n) is 6.17. The van der Waals surface area contributed by atoms with Gasteiger partial charge in [-0.15, -0.1) is 0 Å². The molecule has 1 amide bonds. The number of hydrogen-bond acceptors (Lipinski definition) is 3. The highest BCUT2D eigenvalue weighted by Crippen LogP contribution is 2.23. The molecule has 0 spiro atoms. The van der Waals surface area contributed by atoms with Gasteiger partial charge in [0.2, 0.25) is 5.91 Å². The average molecular weight is 405 g/mol. The molecule has 2 N–H and O–H groups in total. The van der Waals surface area contributed by atoms with Crippen LogP contribution in [0.3, 0.4) is 0 Å². The van der Waals surface area contributed by atoms with E-state index in [4.69, 9.17) is 27.9 Å². The first-order valence-electron chi connectivity index (χ1n) is 8.36. The molecule has 0 saturated carbocycles. The smallest absolute Gasteiger partial charge is 0.329 e. The molecule has 7 heteroatoms. The van der Waals surface area contributed by atoms with Gasteiger partial charge in [0.15, 0.2) is 0 Å². The Morgan fingerprint density at radius 1 is 1.15 bits per heavy atom. The van der Waals surface area contributed by atoms with Gasteiger partial charge in [0.1, 0.15) is 12.6 Å². The third-order valence-corrected chi connectivity index (χ3v) is 4.87. The van der Waals surface area contributed by atoms with Crippen molar-refractivity contribution >= 4 is 46.0 Å². The summed E-state index contributed by atoms with van der Waals surface area (Å²) in [6.45, 7) is 1.41. The first-order chi connectivity index (χ1) is 12.9. The molecule has 27 heavy (non-hydrogen) atoms. The number of halogens is 2. The van der Waals surface area contributed by atoms with Crippen LogP contribution in [0.5, 0.6) is 0 Å². The topological polar surface area (TPSA) is 71.2 Å². The molecule has 0 aliphatic rings. The zero-order valence-corrected chi connectivity index (χ0v) is 16.1. The van der Waals surface area contributed by atoms with Crippen LogP contribution in [0, 0.1) is 0 Å². The molecule has 0 bridgehead atoms. The van der Waals surface area contributed by atoms with Gasteiger partial charge in [-0.25, -0.2) is 4.79 Å². The molecule has 0 aliphatic carbocycles. The number of nitrogens with one attached hydrogen (secondary N) is 2. The van der Waals surface area contributed by atoms with Gasteiger partial charge in [-0.05, 0) is 29.3 Å². The Hall–Kier alpha value is -2.50. The molecule has 3 aromatic rings. The van der Waals surface area contributed by atoms with E-state index in [9.17, 15) is 9.59 Å². The lowest BCUT2D eigenvalue weighted by Crippen LogP contribution is -2.42. The lowest BCUT2D eigenvalue weighted by Gasteiger charge is -2.17. The van der Waals surface area contributed by atoms with Crippen molar-refractivity contribution in [3.63, 3.8) is 0 Å². The quantitative estimate of drug-likeness (QED) is 0.602. The summed E-state index contributed by atoms with van der Waals surface area (Å²) in [6.07, 6.45) is 2.16. The molecule has 1 aromatic heterocycles. The summed E-state index contributed by atoms with van der Waals surface area (Å²) in [5.74, 6) is -0.812. The van der Waals surface area contributed by atoms with Gasteiger partial charge < -0.3 is 15.0 Å². The van der Waals surface area contributed by atoms with E-state index in [1.165, 1.54) is 6.92 Å². The van der Waals surface area contributed by atoms with Gasteiger partial charge in [0.25, 0.3) is 0 Å². The molecule has 0 saturated heterocycles. The molecular formula is C20H18Cl2N2O3. The Bertz CT molecular complexity index is 984. The summed E-state index contributed by atoms with van der Waals surface area (Å²) < 4.78 is 5.38. The van der Waals surface area contributed by atoms with Gasteiger partial charge in [0.05, 0.1) is 10.0 Å². The Balaban J connectivity index is 1.72. The number of aromatic nitrogens is 1. The Morgan fingerprint density at radius 3 is 2.67 bits per heavy atom. The molecule has 0 fully saturated rings. The van der Waals surface area contributed by atoms with E-state index < -0.39 is 12.0 Å². The molecule has 1 heterocycles. The molecule has 0 radical (unpaired) electrons. The molecule has 5 nitrogen and oxygen atoms in total. The van der Waals surface area contributed by atoms with Gasteiger partial charge in [0, 0.05) is 30.4 Å². The molecule has 0 aliphatic heterocycles.